The number of anilines is 1. The van der Waals surface area contributed by atoms with Crippen LogP contribution < -0.4 is 14.8 Å². The van der Waals surface area contributed by atoms with Gasteiger partial charge >= 0.3 is 0 Å². The molecule has 0 atom stereocenters. The van der Waals surface area contributed by atoms with Crippen LogP contribution in [0.5, 0.6) is 5.75 Å². The van der Waals surface area contributed by atoms with E-state index in [1.807, 2.05) is 6.92 Å². The Kier molecular flexibility index (Phi) is 6.88. The normalized spacial score (nSPS) is 11.0. The van der Waals surface area contributed by atoms with Crippen LogP contribution in [-0.2, 0) is 10.0 Å². The van der Waals surface area contributed by atoms with Gasteiger partial charge in [0.15, 0.2) is 0 Å². The zero-order valence-corrected chi connectivity index (χ0v) is 16.2. The molecule has 26 heavy (non-hydrogen) atoms. The van der Waals surface area contributed by atoms with E-state index in [2.05, 4.69) is 10.0 Å². The summed E-state index contributed by atoms with van der Waals surface area (Å²) in [5.74, 6) is 0.122. The van der Waals surface area contributed by atoms with Gasteiger partial charge in [-0.3, -0.25) is 9.52 Å². The summed E-state index contributed by atoms with van der Waals surface area (Å²) in [4.78, 5) is 12.0. The quantitative estimate of drug-likeness (QED) is 0.666. The zero-order valence-electron chi connectivity index (χ0n) is 14.6. The summed E-state index contributed by atoms with van der Waals surface area (Å²) in [6.45, 7) is 2.62. The van der Waals surface area contributed by atoms with Crippen molar-refractivity contribution >= 4 is 33.2 Å². The summed E-state index contributed by atoms with van der Waals surface area (Å²) in [7, 11) is -2.41. The van der Waals surface area contributed by atoms with E-state index in [0.717, 1.165) is 12.8 Å². The lowest BCUT2D eigenvalue weighted by Crippen LogP contribution is -2.24. The summed E-state index contributed by atoms with van der Waals surface area (Å²) in [5.41, 5.74) is 0.641. The summed E-state index contributed by atoms with van der Waals surface area (Å²) in [5, 5.41) is 3.16. The predicted molar refractivity (Wildman–Crippen MR) is 102 cm³/mol. The van der Waals surface area contributed by atoms with E-state index in [9.17, 15) is 13.2 Å². The van der Waals surface area contributed by atoms with Crippen LogP contribution >= 0.6 is 11.6 Å². The minimum atomic E-state index is -3.85. The van der Waals surface area contributed by atoms with Gasteiger partial charge in [-0.25, -0.2) is 8.42 Å². The number of methoxy groups -OCH3 is 1. The van der Waals surface area contributed by atoms with Crippen molar-refractivity contribution in [2.75, 3.05) is 18.4 Å². The molecule has 0 aliphatic rings. The van der Waals surface area contributed by atoms with Crippen molar-refractivity contribution in [1.82, 2.24) is 5.32 Å². The number of halogens is 1. The van der Waals surface area contributed by atoms with Gasteiger partial charge in [0, 0.05) is 17.1 Å². The summed E-state index contributed by atoms with van der Waals surface area (Å²) < 4.78 is 32.7. The Morgan fingerprint density at radius 3 is 2.46 bits per heavy atom. The molecule has 0 saturated heterocycles. The Labute approximate surface area is 158 Å². The number of amides is 1. The van der Waals surface area contributed by atoms with Gasteiger partial charge in [-0.2, -0.15) is 0 Å². The molecule has 2 aromatic rings. The third kappa shape index (κ3) is 5.12. The first-order valence-electron chi connectivity index (χ1n) is 8.12. The molecule has 0 aliphatic carbocycles. The van der Waals surface area contributed by atoms with Gasteiger partial charge in [0.25, 0.3) is 15.9 Å². The Morgan fingerprint density at radius 2 is 1.85 bits per heavy atom. The Hall–Kier alpha value is -2.25. The van der Waals surface area contributed by atoms with E-state index in [0.29, 0.717) is 22.9 Å². The minimum absolute atomic E-state index is 0.0321. The lowest BCUT2D eigenvalue weighted by Gasteiger charge is -2.12. The van der Waals surface area contributed by atoms with Crippen LogP contribution in [0.4, 0.5) is 5.69 Å². The topological polar surface area (TPSA) is 84.5 Å². The SMILES string of the molecule is CCCCNC(=O)c1ccc(S(=O)(=O)Nc2cc(Cl)ccc2OC)cc1. The molecule has 140 valence electrons. The molecule has 2 rings (SSSR count). The molecule has 0 aromatic heterocycles. The average Bonchev–Trinajstić information content (AvgIpc) is 2.62. The van der Waals surface area contributed by atoms with Crippen molar-refractivity contribution in [3.8, 4) is 5.75 Å². The zero-order chi connectivity index (χ0) is 19.2. The van der Waals surface area contributed by atoms with E-state index in [4.69, 9.17) is 16.3 Å². The molecule has 1 amide bonds. The van der Waals surface area contributed by atoms with Crippen molar-refractivity contribution in [2.45, 2.75) is 24.7 Å². The Balaban J connectivity index is 2.17. The lowest BCUT2D eigenvalue weighted by atomic mass is 10.2. The van der Waals surface area contributed by atoms with Crippen LogP contribution in [0.25, 0.3) is 0 Å². The number of nitrogens with one attached hydrogen (secondary N) is 2. The third-order valence-corrected chi connectivity index (χ3v) is 5.27. The molecule has 2 N–H and O–H groups in total. The minimum Gasteiger partial charge on any atom is -0.495 e. The van der Waals surface area contributed by atoms with Crippen LogP contribution in [0.3, 0.4) is 0 Å². The first-order valence-corrected chi connectivity index (χ1v) is 9.98. The Morgan fingerprint density at radius 1 is 1.15 bits per heavy atom. The first kappa shape index (κ1) is 20.1. The molecule has 0 unspecified atom stereocenters. The van der Waals surface area contributed by atoms with Crippen molar-refractivity contribution in [3.05, 3.63) is 53.1 Å². The summed E-state index contributed by atoms with van der Waals surface area (Å²) >= 11 is 5.92. The number of benzene rings is 2. The fourth-order valence-electron chi connectivity index (χ4n) is 2.23. The van der Waals surface area contributed by atoms with Crippen LogP contribution in [0.15, 0.2) is 47.4 Å². The third-order valence-electron chi connectivity index (χ3n) is 3.65. The average molecular weight is 397 g/mol. The monoisotopic (exact) mass is 396 g/mol. The van der Waals surface area contributed by atoms with E-state index < -0.39 is 10.0 Å². The van der Waals surface area contributed by atoms with Gasteiger partial charge in [-0.15, -0.1) is 0 Å². The van der Waals surface area contributed by atoms with Crippen molar-refractivity contribution < 1.29 is 17.9 Å². The fourth-order valence-corrected chi connectivity index (χ4v) is 3.46. The molecule has 0 heterocycles. The van der Waals surface area contributed by atoms with Gasteiger partial charge in [0.1, 0.15) is 5.75 Å². The molecular formula is C18H21ClN2O4S. The van der Waals surface area contributed by atoms with Gasteiger partial charge in [-0.1, -0.05) is 24.9 Å². The second-order valence-corrected chi connectivity index (χ2v) is 7.70. The van der Waals surface area contributed by atoms with Crippen molar-refractivity contribution in [3.63, 3.8) is 0 Å². The summed E-state index contributed by atoms with van der Waals surface area (Å²) in [6.07, 6.45) is 1.87. The highest BCUT2D eigenvalue weighted by atomic mass is 35.5. The first-order chi connectivity index (χ1) is 12.4. The van der Waals surface area contributed by atoms with Gasteiger partial charge in [-0.05, 0) is 48.9 Å². The molecule has 0 saturated carbocycles. The van der Waals surface area contributed by atoms with E-state index in [1.165, 1.54) is 37.4 Å². The Bertz CT molecular complexity index is 867. The van der Waals surface area contributed by atoms with E-state index in [-0.39, 0.29) is 16.5 Å². The maximum absolute atomic E-state index is 12.6. The van der Waals surface area contributed by atoms with Crippen LogP contribution in [0.2, 0.25) is 5.02 Å². The second-order valence-electron chi connectivity index (χ2n) is 5.58. The highest BCUT2D eigenvalue weighted by Gasteiger charge is 2.17. The number of unbranched alkanes of at least 4 members (excludes halogenated alkanes) is 1. The molecule has 0 aliphatic heterocycles. The molecule has 0 fully saturated rings. The molecular weight excluding hydrogens is 376 g/mol. The highest BCUT2D eigenvalue weighted by molar-refractivity contribution is 7.92. The smallest absolute Gasteiger partial charge is 0.262 e. The maximum atomic E-state index is 12.6. The maximum Gasteiger partial charge on any atom is 0.262 e. The van der Waals surface area contributed by atoms with Crippen LogP contribution in [0, 0.1) is 0 Å². The highest BCUT2D eigenvalue weighted by Crippen LogP contribution is 2.29. The van der Waals surface area contributed by atoms with Gasteiger partial charge in [0.2, 0.25) is 0 Å². The number of sulfonamides is 1. The lowest BCUT2D eigenvalue weighted by molar-refractivity contribution is 0.0953. The number of hydrogen-bond donors (Lipinski definition) is 2. The number of rotatable bonds is 8. The van der Waals surface area contributed by atoms with Crippen LogP contribution in [0.1, 0.15) is 30.1 Å². The largest absolute Gasteiger partial charge is 0.495 e. The number of ether oxygens (including phenoxy) is 1. The molecule has 0 spiro atoms. The molecule has 2 aromatic carbocycles. The van der Waals surface area contributed by atoms with E-state index >= 15 is 0 Å². The van der Waals surface area contributed by atoms with Gasteiger partial charge in [0.05, 0.1) is 17.7 Å². The molecule has 8 heteroatoms. The standard InChI is InChI=1S/C18H21ClN2O4S/c1-3-4-11-20-18(22)13-5-8-15(9-6-13)26(23,24)21-16-12-14(19)7-10-17(16)25-2/h5-10,12,21H,3-4,11H2,1-2H3,(H,20,22). The number of carbonyl (C=O) groups excluding carboxylic acids is 1. The number of hydrogen-bond acceptors (Lipinski definition) is 4. The fraction of sp³-hybridized carbons (Fsp3) is 0.278. The predicted octanol–water partition coefficient (Wildman–Crippen LogP) is 3.68. The summed E-state index contributed by atoms with van der Waals surface area (Å²) in [6, 6.07) is 10.4. The molecule has 6 nitrogen and oxygen atoms in total. The molecule has 0 radical (unpaired) electrons. The van der Waals surface area contributed by atoms with Crippen molar-refractivity contribution in [2.24, 2.45) is 0 Å². The van der Waals surface area contributed by atoms with Crippen molar-refractivity contribution in [1.29, 1.82) is 0 Å². The number of carbonyl (C=O) groups is 1. The van der Waals surface area contributed by atoms with Crippen LogP contribution in [-0.4, -0.2) is 28.0 Å². The van der Waals surface area contributed by atoms with E-state index in [1.54, 1.807) is 12.1 Å². The van der Waals surface area contributed by atoms with Gasteiger partial charge < -0.3 is 10.1 Å². The molecule has 0 bridgehead atoms. The second kappa shape index (κ2) is 8.91.